The summed E-state index contributed by atoms with van der Waals surface area (Å²) in [6.45, 7) is 4.52. The highest BCUT2D eigenvalue weighted by Gasteiger charge is 2.10. The first-order valence-corrected chi connectivity index (χ1v) is 10.6. The van der Waals surface area contributed by atoms with Crippen LogP contribution in [0.3, 0.4) is 0 Å². The van der Waals surface area contributed by atoms with Crippen LogP contribution < -0.4 is 10.6 Å². The molecule has 0 unspecified atom stereocenters. The maximum absolute atomic E-state index is 13.6. The second kappa shape index (κ2) is 9.66. The largest absolute Gasteiger partial charge is 0.355 e. The van der Waals surface area contributed by atoms with Crippen molar-refractivity contribution in [1.82, 2.24) is 15.5 Å². The first-order valence-electron chi connectivity index (χ1n) is 8.82. The number of hydrogen-bond acceptors (Lipinski definition) is 6. The van der Waals surface area contributed by atoms with Crippen molar-refractivity contribution < 1.29 is 9.18 Å². The van der Waals surface area contributed by atoms with Crippen LogP contribution in [0.25, 0.3) is 0 Å². The number of benzene rings is 2. The maximum Gasteiger partial charge on any atom is 0.230 e. The number of anilines is 2. The lowest BCUT2D eigenvalue weighted by molar-refractivity contribution is -0.118. The van der Waals surface area contributed by atoms with E-state index in [0.717, 1.165) is 10.0 Å². The predicted molar refractivity (Wildman–Crippen MR) is 113 cm³/mol. The molecule has 1 heterocycles. The van der Waals surface area contributed by atoms with Gasteiger partial charge in [0.15, 0.2) is 4.34 Å². The predicted octanol–water partition coefficient (Wildman–Crippen LogP) is 4.49. The van der Waals surface area contributed by atoms with Gasteiger partial charge in [-0.2, -0.15) is 0 Å². The van der Waals surface area contributed by atoms with Gasteiger partial charge in [0.2, 0.25) is 11.0 Å². The van der Waals surface area contributed by atoms with Gasteiger partial charge < -0.3 is 10.6 Å². The minimum Gasteiger partial charge on any atom is -0.355 e. The number of carbonyl (C=O) groups excluding carboxylic acids is 1. The molecule has 0 aliphatic heterocycles. The number of nitrogens with zero attached hydrogens (tertiary/aromatic N) is 2. The molecule has 5 nitrogen and oxygen atoms in total. The summed E-state index contributed by atoms with van der Waals surface area (Å²) in [5.41, 5.74) is 3.97. The van der Waals surface area contributed by atoms with E-state index in [1.54, 1.807) is 18.2 Å². The van der Waals surface area contributed by atoms with Crippen LogP contribution in [0, 0.1) is 19.7 Å². The molecule has 3 rings (SSSR count). The molecule has 2 aromatic carbocycles. The summed E-state index contributed by atoms with van der Waals surface area (Å²) in [7, 11) is 0. The number of aryl methyl sites for hydroxylation is 1. The Bertz CT molecular complexity index is 961. The van der Waals surface area contributed by atoms with Crippen LogP contribution in [0.15, 0.2) is 46.8 Å². The van der Waals surface area contributed by atoms with Crippen LogP contribution in [0.4, 0.5) is 15.2 Å². The topological polar surface area (TPSA) is 66.9 Å². The van der Waals surface area contributed by atoms with Crippen molar-refractivity contribution in [3.05, 3.63) is 65.0 Å². The molecule has 0 aliphatic rings. The number of hydrogen-bond donors (Lipinski definition) is 2. The molecule has 0 atom stereocenters. The Morgan fingerprint density at radius 1 is 1.14 bits per heavy atom. The highest BCUT2D eigenvalue weighted by Crippen LogP contribution is 2.29. The summed E-state index contributed by atoms with van der Waals surface area (Å²) in [4.78, 5) is 12.0. The molecule has 146 valence electrons. The Kier molecular flexibility index (Phi) is 7.00. The van der Waals surface area contributed by atoms with Crippen molar-refractivity contribution in [2.75, 3.05) is 17.6 Å². The Balaban J connectivity index is 1.44. The molecule has 0 fully saturated rings. The van der Waals surface area contributed by atoms with Crippen molar-refractivity contribution in [3.8, 4) is 0 Å². The van der Waals surface area contributed by atoms with E-state index >= 15 is 0 Å². The molecular formula is C20H21FN4OS2. The third-order valence-electron chi connectivity index (χ3n) is 4.25. The van der Waals surface area contributed by atoms with Crippen molar-refractivity contribution in [2.45, 2.75) is 24.6 Å². The Morgan fingerprint density at radius 2 is 1.96 bits per heavy atom. The van der Waals surface area contributed by atoms with Gasteiger partial charge in [-0.15, -0.1) is 10.2 Å². The van der Waals surface area contributed by atoms with Crippen molar-refractivity contribution in [3.63, 3.8) is 0 Å². The summed E-state index contributed by atoms with van der Waals surface area (Å²) in [6, 6.07) is 12.6. The van der Waals surface area contributed by atoms with Crippen molar-refractivity contribution >= 4 is 39.8 Å². The zero-order chi connectivity index (χ0) is 19.9. The fourth-order valence-corrected chi connectivity index (χ4v) is 4.13. The number of aromatic nitrogens is 2. The zero-order valence-electron chi connectivity index (χ0n) is 15.7. The van der Waals surface area contributed by atoms with Crippen LogP contribution in [-0.2, 0) is 11.2 Å². The number of nitrogens with one attached hydrogen (secondary N) is 2. The average molecular weight is 417 g/mol. The Hall–Kier alpha value is -2.45. The summed E-state index contributed by atoms with van der Waals surface area (Å²) in [6.07, 6.45) is 0.464. The summed E-state index contributed by atoms with van der Waals surface area (Å²) in [5.74, 6) is -0.112. The summed E-state index contributed by atoms with van der Waals surface area (Å²) < 4.78 is 14.3. The van der Waals surface area contributed by atoms with Gasteiger partial charge in [-0.1, -0.05) is 53.4 Å². The fraction of sp³-hybridized carbons (Fsp3) is 0.250. The van der Waals surface area contributed by atoms with E-state index in [-0.39, 0.29) is 17.5 Å². The molecule has 0 bridgehead atoms. The Labute approximate surface area is 171 Å². The molecule has 0 spiro atoms. The van der Waals surface area contributed by atoms with Crippen molar-refractivity contribution in [1.29, 1.82) is 0 Å². The number of amides is 1. The monoisotopic (exact) mass is 416 g/mol. The lowest BCUT2D eigenvalue weighted by Crippen LogP contribution is -2.27. The molecule has 8 heteroatoms. The third kappa shape index (κ3) is 5.53. The van der Waals surface area contributed by atoms with E-state index < -0.39 is 0 Å². The van der Waals surface area contributed by atoms with Crippen molar-refractivity contribution in [2.24, 2.45) is 0 Å². The average Bonchev–Trinajstić information content (AvgIpc) is 3.13. The number of halogens is 1. The Morgan fingerprint density at radius 3 is 2.79 bits per heavy atom. The highest BCUT2D eigenvalue weighted by molar-refractivity contribution is 8.01. The molecule has 0 saturated carbocycles. The van der Waals surface area contributed by atoms with Gasteiger partial charge in [0.05, 0.1) is 5.75 Å². The molecule has 1 amide bonds. The van der Waals surface area contributed by atoms with Crippen LogP contribution in [0.1, 0.15) is 16.7 Å². The van der Waals surface area contributed by atoms with Crippen LogP contribution in [0.5, 0.6) is 0 Å². The lowest BCUT2D eigenvalue weighted by atomic mass is 10.1. The molecular weight excluding hydrogens is 395 g/mol. The van der Waals surface area contributed by atoms with Gasteiger partial charge in [0, 0.05) is 12.2 Å². The van der Waals surface area contributed by atoms with Gasteiger partial charge in [-0.25, -0.2) is 4.39 Å². The fourth-order valence-electron chi connectivity index (χ4n) is 2.54. The second-order valence-corrected chi connectivity index (χ2v) is 8.43. The van der Waals surface area contributed by atoms with E-state index in [1.165, 1.54) is 40.3 Å². The summed E-state index contributed by atoms with van der Waals surface area (Å²) >= 11 is 2.74. The second-order valence-electron chi connectivity index (χ2n) is 6.23. The molecule has 1 aromatic heterocycles. The number of rotatable bonds is 8. The van der Waals surface area contributed by atoms with Crippen LogP contribution in [-0.4, -0.2) is 28.4 Å². The molecule has 3 aromatic rings. The van der Waals surface area contributed by atoms with Crippen LogP contribution >= 0.6 is 23.1 Å². The molecule has 2 N–H and O–H groups in total. The van der Waals surface area contributed by atoms with Gasteiger partial charge in [0.25, 0.3) is 0 Å². The van der Waals surface area contributed by atoms with E-state index in [9.17, 15) is 9.18 Å². The van der Waals surface area contributed by atoms with Gasteiger partial charge in [0.1, 0.15) is 5.82 Å². The first-order chi connectivity index (χ1) is 13.5. The molecule has 0 aliphatic carbocycles. The SMILES string of the molecule is Cc1cccc(Nc2nnc(SCC(=O)NCCc3ccccc3F)s2)c1C. The van der Waals surface area contributed by atoms with E-state index in [0.29, 0.717) is 23.7 Å². The van der Waals surface area contributed by atoms with E-state index in [1.807, 2.05) is 12.1 Å². The number of carbonyl (C=O) groups is 1. The lowest BCUT2D eigenvalue weighted by Gasteiger charge is -2.08. The standard InChI is InChI=1S/C20H21FN4OS2/c1-13-6-5-9-17(14(13)2)23-19-24-25-20(28-19)27-12-18(26)22-11-10-15-7-3-4-8-16(15)21/h3-9H,10-12H2,1-2H3,(H,22,26)(H,23,24). The summed E-state index contributed by atoms with van der Waals surface area (Å²) in [5, 5.41) is 15.0. The van der Waals surface area contributed by atoms with E-state index in [2.05, 4.69) is 40.7 Å². The van der Waals surface area contributed by atoms with E-state index in [4.69, 9.17) is 0 Å². The van der Waals surface area contributed by atoms with Crippen LogP contribution in [0.2, 0.25) is 0 Å². The maximum atomic E-state index is 13.6. The molecule has 28 heavy (non-hydrogen) atoms. The zero-order valence-corrected chi connectivity index (χ0v) is 17.3. The quantitative estimate of drug-likeness (QED) is 0.530. The highest BCUT2D eigenvalue weighted by atomic mass is 32.2. The third-order valence-corrected chi connectivity index (χ3v) is 6.23. The number of thioether (sulfide) groups is 1. The van der Waals surface area contributed by atoms with Gasteiger partial charge in [-0.3, -0.25) is 4.79 Å². The molecule has 0 saturated heterocycles. The molecule has 0 radical (unpaired) electrons. The van der Waals surface area contributed by atoms with Gasteiger partial charge >= 0.3 is 0 Å². The smallest absolute Gasteiger partial charge is 0.230 e. The first kappa shape index (κ1) is 20.3. The van der Waals surface area contributed by atoms with Gasteiger partial charge in [-0.05, 0) is 49.1 Å². The minimum atomic E-state index is -0.246. The normalized spacial score (nSPS) is 10.7. The minimum absolute atomic E-state index is 0.111.